The van der Waals surface area contributed by atoms with Gasteiger partial charge in [-0.05, 0) is 55.5 Å². The summed E-state index contributed by atoms with van der Waals surface area (Å²) in [4.78, 5) is 23.2. The lowest BCUT2D eigenvalue weighted by Crippen LogP contribution is -2.42. The van der Waals surface area contributed by atoms with E-state index in [9.17, 15) is 23.3 Å². The van der Waals surface area contributed by atoms with Crippen LogP contribution in [-0.2, 0) is 10.0 Å². The van der Waals surface area contributed by atoms with Gasteiger partial charge in [-0.2, -0.15) is 4.31 Å². The molecule has 1 saturated heterocycles. The van der Waals surface area contributed by atoms with Gasteiger partial charge in [0.1, 0.15) is 0 Å². The van der Waals surface area contributed by atoms with E-state index in [4.69, 9.17) is 0 Å². The van der Waals surface area contributed by atoms with Crippen molar-refractivity contribution >= 4 is 27.3 Å². The molecule has 0 aliphatic carbocycles. The molecular formula is C21H25N3O5S. The molecule has 3 rings (SSSR count). The third-order valence-electron chi connectivity index (χ3n) is 5.25. The van der Waals surface area contributed by atoms with E-state index < -0.39 is 20.9 Å². The minimum Gasteiger partial charge on any atom is -0.322 e. The molecule has 2 unspecified atom stereocenters. The second kappa shape index (κ2) is 8.53. The molecule has 9 heteroatoms. The van der Waals surface area contributed by atoms with E-state index in [2.05, 4.69) is 5.32 Å². The molecule has 0 saturated carbocycles. The van der Waals surface area contributed by atoms with E-state index in [-0.39, 0.29) is 16.1 Å². The van der Waals surface area contributed by atoms with Crippen LogP contribution in [0.4, 0.5) is 11.4 Å². The average Bonchev–Trinajstić information content (AvgIpc) is 2.68. The summed E-state index contributed by atoms with van der Waals surface area (Å²) in [5.41, 5.74) is 0.969. The summed E-state index contributed by atoms with van der Waals surface area (Å²) >= 11 is 0. The highest BCUT2D eigenvalue weighted by atomic mass is 32.2. The smallest absolute Gasteiger partial charge is 0.274 e. The standard InChI is InChI=1S/C21H25N3O5S/c1-14-10-15(2)13-23(12-14)30(28,29)19-8-5-17(6-9-19)21(25)22-18-7-4-16(3)20(11-18)24(26)27/h4-9,11,14-15H,10,12-13H2,1-3H3,(H,22,25). The van der Waals surface area contributed by atoms with Crippen LogP contribution < -0.4 is 5.32 Å². The fourth-order valence-electron chi connectivity index (χ4n) is 3.82. The Morgan fingerprint density at radius 3 is 2.27 bits per heavy atom. The molecule has 30 heavy (non-hydrogen) atoms. The van der Waals surface area contributed by atoms with Crippen LogP contribution in [0.15, 0.2) is 47.4 Å². The first kappa shape index (κ1) is 21.9. The van der Waals surface area contributed by atoms with Crippen LogP contribution in [0.1, 0.15) is 36.2 Å². The van der Waals surface area contributed by atoms with Crippen LogP contribution in [0.2, 0.25) is 0 Å². The molecule has 160 valence electrons. The van der Waals surface area contributed by atoms with Crippen molar-refractivity contribution in [2.75, 3.05) is 18.4 Å². The van der Waals surface area contributed by atoms with Crippen molar-refractivity contribution in [2.45, 2.75) is 32.1 Å². The van der Waals surface area contributed by atoms with E-state index in [0.717, 1.165) is 6.42 Å². The van der Waals surface area contributed by atoms with Gasteiger partial charge in [-0.25, -0.2) is 8.42 Å². The van der Waals surface area contributed by atoms with Crippen LogP contribution in [0.25, 0.3) is 0 Å². The molecule has 1 aliphatic rings. The minimum absolute atomic E-state index is 0.0840. The van der Waals surface area contributed by atoms with Gasteiger partial charge in [-0.15, -0.1) is 0 Å². The highest BCUT2D eigenvalue weighted by molar-refractivity contribution is 7.89. The Balaban J connectivity index is 1.76. The van der Waals surface area contributed by atoms with Crippen LogP contribution >= 0.6 is 0 Å². The van der Waals surface area contributed by atoms with Crippen LogP contribution in [0.3, 0.4) is 0 Å². The number of sulfonamides is 1. The maximum Gasteiger partial charge on any atom is 0.274 e. The fraction of sp³-hybridized carbons (Fsp3) is 0.381. The van der Waals surface area contributed by atoms with Gasteiger partial charge in [0.25, 0.3) is 11.6 Å². The summed E-state index contributed by atoms with van der Waals surface area (Å²) in [6, 6.07) is 10.2. The average molecular weight is 432 g/mol. The molecule has 2 aromatic rings. The quantitative estimate of drug-likeness (QED) is 0.572. The number of nitrogens with zero attached hydrogens (tertiary/aromatic N) is 2. The Morgan fingerprint density at radius 1 is 1.10 bits per heavy atom. The number of rotatable bonds is 5. The maximum absolute atomic E-state index is 12.9. The number of hydrogen-bond acceptors (Lipinski definition) is 5. The zero-order chi connectivity index (χ0) is 22.1. The predicted octanol–water partition coefficient (Wildman–Crippen LogP) is 3.82. The van der Waals surface area contributed by atoms with Gasteiger partial charge < -0.3 is 5.32 Å². The second-order valence-electron chi connectivity index (χ2n) is 8.00. The molecule has 0 radical (unpaired) electrons. The van der Waals surface area contributed by atoms with Crippen molar-refractivity contribution in [1.82, 2.24) is 4.31 Å². The monoisotopic (exact) mass is 431 g/mol. The van der Waals surface area contributed by atoms with Crippen LogP contribution in [0, 0.1) is 28.9 Å². The van der Waals surface area contributed by atoms with Gasteiger partial charge in [-0.3, -0.25) is 14.9 Å². The number of hydrogen-bond donors (Lipinski definition) is 1. The lowest BCUT2D eigenvalue weighted by Gasteiger charge is -2.34. The lowest BCUT2D eigenvalue weighted by atomic mass is 9.94. The van der Waals surface area contributed by atoms with Gasteiger partial charge in [0.05, 0.1) is 9.82 Å². The molecule has 1 amide bonds. The molecular weight excluding hydrogens is 406 g/mol. The number of nitrogens with one attached hydrogen (secondary N) is 1. The first-order valence-corrected chi connectivity index (χ1v) is 11.2. The zero-order valence-corrected chi connectivity index (χ0v) is 18.0. The number of nitro groups is 1. The highest BCUT2D eigenvalue weighted by Gasteiger charge is 2.31. The molecule has 1 N–H and O–H groups in total. The summed E-state index contributed by atoms with van der Waals surface area (Å²) in [6.45, 7) is 6.68. The minimum atomic E-state index is -3.62. The van der Waals surface area contributed by atoms with Crippen molar-refractivity contribution in [2.24, 2.45) is 11.8 Å². The Hall–Kier alpha value is -2.78. The van der Waals surface area contributed by atoms with Crippen LogP contribution in [-0.4, -0.2) is 36.6 Å². The summed E-state index contributed by atoms with van der Waals surface area (Å²) in [5.74, 6) is 0.122. The third kappa shape index (κ3) is 4.68. The number of carbonyl (C=O) groups excluding carboxylic acids is 1. The predicted molar refractivity (Wildman–Crippen MR) is 114 cm³/mol. The second-order valence-corrected chi connectivity index (χ2v) is 9.94. The van der Waals surface area contributed by atoms with Crippen molar-refractivity contribution in [1.29, 1.82) is 0 Å². The SMILES string of the molecule is Cc1ccc(NC(=O)c2ccc(S(=O)(=O)N3CC(C)CC(C)C3)cc2)cc1[N+](=O)[O-]. The van der Waals surface area contributed by atoms with Gasteiger partial charge in [0, 0.05) is 36.0 Å². The first-order valence-electron chi connectivity index (χ1n) is 9.74. The number of carbonyl (C=O) groups is 1. The van der Waals surface area contributed by atoms with Crippen LogP contribution in [0.5, 0.6) is 0 Å². The molecule has 2 aromatic carbocycles. The van der Waals surface area contributed by atoms with Gasteiger partial charge >= 0.3 is 0 Å². The third-order valence-corrected chi connectivity index (χ3v) is 7.10. The molecule has 8 nitrogen and oxygen atoms in total. The largest absolute Gasteiger partial charge is 0.322 e. The number of anilines is 1. The molecule has 2 atom stereocenters. The van der Waals surface area contributed by atoms with Crippen molar-refractivity contribution in [3.05, 3.63) is 63.7 Å². The Morgan fingerprint density at radius 2 is 1.70 bits per heavy atom. The Bertz CT molecular complexity index is 1060. The molecule has 0 aromatic heterocycles. The number of aryl methyl sites for hydroxylation is 1. The van der Waals surface area contributed by atoms with Crippen molar-refractivity contribution < 1.29 is 18.1 Å². The van der Waals surface area contributed by atoms with Crippen molar-refractivity contribution in [3.8, 4) is 0 Å². The molecule has 0 spiro atoms. The topological polar surface area (TPSA) is 110 Å². The van der Waals surface area contributed by atoms with Gasteiger partial charge in [-0.1, -0.05) is 19.9 Å². The number of benzene rings is 2. The van der Waals surface area contributed by atoms with E-state index in [1.165, 1.54) is 34.6 Å². The molecule has 1 fully saturated rings. The van der Waals surface area contributed by atoms with Gasteiger partial charge in [0.15, 0.2) is 0 Å². The normalized spacial score (nSPS) is 20.0. The van der Waals surface area contributed by atoms with E-state index in [1.54, 1.807) is 19.1 Å². The first-order chi connectivity index (χ1) is 14.1. The molecule has 1 heterocycles. The Labute approximate surface area is 176 Å². The number of piperidine rings is 1. The summed E-state index contributed by atoms with van der Waals surface area (Å²) < 4.78 is 27.4. The van der Waals surface area contributed by atoms with E-state index in [1.807, 2.05) is 13.8 Å². The number of amides is 1. The Kier molecular flexibility index (Phi) is 6.23. The fourth-order valence-corrected chi connectivity index (χ4v) is 5.50. The summed E-state index contributed by atoms with van der Waals surface area (Å²) in [5, 5.41) is 13.7. The number of nitro benzene ring substituents is 1. The van der Waals surface area contributed by atoms with Crippen molar-refractivity contribution in [3.63, 3.8) is 0 Å². The van der Waals surface area contributed by atoms with E-state index in [0.29, 0.717) is 36.2 Å². The molecule has 1 aliphatic heterocycles. The summed E-state index contributed by atoms with van der Waals surface area (Å²) in [7, 11) is -3.62. The summed E-state index contributed by atoms with van der Waals surface area (Å²) in [6.07, 6.45) is 1.00. The lowest BCUT2D eigenvalue weighted by molar-refractivity contribution is -0.385. The zero-order valence-electron chi connectivity index (χ0n) is 17.2. The van der Waals surface area contributed by atoms with E-state index >= 15 is 0 Å². The molecule has 0 bridgehead atoms. The highest BCUT2D eigenvalue weighted by Crippen LogP contribution is 2.27. The maximum atomic E-state index is 12.9. The van der Waals surface area contributed by atoms with Gasteiger partial charge in [0.2, 0.25) is 10.0 Å².